The molecule has 2 rings (SSSR count). The fourth-order valence-corrected chi connectivity index (χ4v) is 2.15. The van der Waals surface area contributed by atoms with E-state index in [9.17, 15) is 5.11 Å². The second kappa shape index (κ2) is 6.15. The van der Waals surface area contributed by atoms with E-state index < -0.39 is 5.60 Å². The zero-order valence-electron chi connectivity index (χ0n) is 12.2. The number of rotatable bonds is 6. The number of hydrogen-bond acceptors (Lipinski definition) is 5. The summed E-state index contributed by atoms with van der Waals surface area (Å²) in [6.07, 6.45) is 0. The highest BCUT2D eigenvalue weighted by Crippen LogP contribution is 2.13. The van der Waals surface area contributed by atoms with Crippen LogP contribution in [0.2, 0.25) is 0 Å². The number of nitrogens with zero attached hydrogens (tertiary/aromatic N) is 3. The average Bonchev–Trinajstić information content (AvgIpc) is 2.74. The van der Waals surface area contributed by atoms with Gasteiger partial charge in [-0.25, -0.2) is 0 Å². The molecule has 0 atom stereocenters. The molecule has 0 bridgehead atoms. The summed E-state index contributed by atoms with van der Waals surface area (Å²) >= 11 is 0. The van der Waals surface area contributed by atoms with Crippen LogP contribution in [0.5, 0.6) is 0 Å². The van der Waals surface area contributed by atoms with Crippen molar-refractivity contribution in [2.24, 2.45) is 0 Å². The highest BCUT2D eigenvalue weighted by Gasteiger charge is 2.20. The third-order valence-corrected chi connectivity index (χ3v) is 2.79. The number of aliphatic hydroxyl groups is 1. The summed E-state index contributed by atoms with van der Waals surface area (Å²) < 4.78 is 5.42. The molecule has 1 heterocycles. The first-order chi connectivity index (χ1) is 9.42. The largest absolute Gasteiger partial charge is 0.424 e. The van der Waals surface area contributed by atoms with E-state index in [0.717, 1.165) is 6.54 Å². The second-order valence-corrected chi connectivity index (χ2v) is 5.66. The summed E-state index contributed by atoms with van der Waals surface area (Å²) in [6, 6.07) is 10.1. The molecule has 1 N–H and O–H groups in total. The van der Waals surface area contributed by atoms with Crippen LogP contribution in [0.3, 0.4) is 0 Å². The van der Waals surface area contributed by atoms with Crippen molar-refractivity contribution in [3.63, 3.8) is 0 Å². The Morgan fingerprint density at radius 1 is 1.15 bits per heavy atom. The van der Waals surface area contributed by atoms with Gasteiger partial charge in [0.25, 0.3) is 0 Å². The van der Waals surface area contributed by atoms with Crippen LogP contribution in [0.25, 0.3) is 0 Å². The molecule has 108 valence electrons. The van der Waals surface area contributed by atoms with E-state index in [1.807, 2.05) is 18.2 Å². The van der Waals surface area contributed by atoms with Crippen molar-refractivity contribution >= 4 is 0 Å². The molecule has 1 aromatic carbocycles. The predicted molar refractivity (Wildman–Crippen MR) is 75.9 cm³/mol. The van der Waals surface area contributed by atoms with Gasteiger partial charge in [-0.3, -0.25) is 4.90 Å². The van der Waals surface area contributed by atoms with E-state index in [4.69, 9.17) is 4.42 Å². The second-order valence-electron chi connectivity index (χ2n) is 5.66. The van der Waals surface area contributed by atoms with Crippen molar-refractivity contribution < 1.29 is 9.52 Å². The first kappa shape index (κ1) is 14.7. The third-order valence-electron chi connectivity index (χ3n) is 2.79. The van der Waals surface area contributed by atoms with Crippen LogP contribution in [0.1, 0.15) is 31.2 Å². The molecule has 5 nitrogen and oxygen atoms in total. The lowest BCUT2D eigenvalue weighted by atomic mass is 10.1. The lowest BCUT2D eigenvalue weighted by Crippen LogP contribution is -2.38. The summed E-state index contributed by atoms with van der Waals surface area (Å²) in [5.74, 6) is 1.13. The Bertz CT molecular complexity index is 532. The van der Waals surface area contributed by atoms with Gasteiger partial charge in [0.05, 0.1) is 12.1 Å². The Morgan fingerprint density at radius 3 is 2.40 bits per heavy atom. The highest BCUT2D eigenvalue weighted by molar-refractivity contribution is 5.14. The Morgan fingerprint density at radius 2 is 1.85 bits per heavy atom. The lowest BCUT2D eigenvalue weighted by Gasteiger charge is -2.27. The normalized spacial score (nSPS) is 12.1. The van der Waals surface area contributed by atoms with Gasteiger partial charge in [-0.15, -0.1) is 10.2 Å². The summed E-state index contributed by atoms with van der Waals surface area (Å²) in [4.78, 5) is 2.10. The minimum absolute atomic E-state index is 0.528. The zero-order valence-corrected chi connectivity index (χ0v) is 12.2. The van der Waals surface area contributed by atoms with Crippen LogP contribution in [-0.4, -0.2) is 32.3 Å². The standard InChI is InChI=1S/C15H21N3O2/c1-12-16-17-14(20-12)10-18(11-15(2,3)19)9-13-7-5-4-6-8-13/h4-8,19H,9-11H2,1-3H3. The van der Waals surface area contributed by atoms with Gasteiger partial charge in [-0.05, 0) is 19.4 Å². The molecule has 0 saturated heterocycles. The van der Waals surface area contributed by atoms with Gasteiger partial charge in [0.1, 0.15) is 0 Å². The van der Waals surface area contributed by atoms with E-state index in [-0.39, 0.29) is 0 Å². The maximum Gasteiger partial charge on any atom is 0.230 e. The lowest BCUT2D eigenvalue weighted by molar-refractivity contribution is 0.0279. The molecular weight excluding hydrogens is 254 g/mol. The number of aryl methyl sites for hydroxylation is 1. The van der Waals surface area contributed by atoms with E-state index in [1.165, 1.54) is 5.56 Å². The van der Waals surface area contributed by atoms with E-state index in [1.54, 1.807) is 20.8 Å². The van der Waals surface area contributed by atoms with Crippen molar-refractivity contribution in [1.82, 2.24) is 15.1 Å². The predicted octanol–water partition coefficient (Wildman–Crippen LogP) is 2.15. The Hall–Kier alpha value is -1.72. The number of hydrogen-bond donors (Lipinski definition) is 1. The first-order valence-corrected chi connectivity index (χ1v) is 6.70. The average molecular weight is 275 g/mol. The van der Waals surface area contributed by atoms with Crippen molar-refractivity contribution in [3.05, 3.63) is 47.7 Å². The molecule has 5 heteroatoms. The Labute approximate surface area is 119 Å². The Kier molecular flexibility index (Phi) is 4.52. The molecule has 20 heavy (non-hydrogen) atoms. The monoisotopic (exact) mass is 275 g/mol. The van der Waals surface area contributed by atoms with Gasteiger partial charge in [0.15, 0.2) is 0 Å². The van der Waals surface area contributed by atoms with Crippen LogP contribution >= 0.6 is 0 Å². The van der Waals surface area contributed by atoms with Crippen molar-refractivity contribution in [2.45, 2.75) is 39.5 Å². The summed E-state index contributed by atoms with van der Waals surface area (Å²) in [5.41, 5.74) is 0.414. The van der Waals surface area contributed by atoms with Gasteiger partial charge < -0.3 is 9.52 Å². The smallest absolute Gasteiger partial charge is 0.230 e. The number of aromatic nitrogens is 2. The molecule has 0 amide bonds. The summed E-state index contributed by atoms with van der Waals surface area (Å²) in [6.45, 7) is 7.15. The van der Waals surface area contributed by atoms with Gasteiger partial charge in [-0.2, -0.15) is 0 Å². The van der Waals surface area contributed by atoms with E-state index >= 15 is 0 Å². The third kappa shape index (κ3) is 4.75. The molecule has 0 unspecified atom stereocenters. The topological polar surface area (TPSA) is 62.4 Å². The quantitative estimate of drug-likeness (QED) is 0.875. The van der Waals surface area contributed by atoms with Crippen LogP contribution in [0, 0.1) is 6.92 Å². The molecule has 0 spiro atoms. The molecule has 0 aliphatic carbocycles. The van der Waals surface area contributed by atoms with Gasteiger partial charge in [-0.1, -0.05) is 30.3 Å². The molecule has 0 fully saturated rings. The fraction of sp³-hybridized carbons (Fsp3) is 0.467. The molecular formula is C15H21N3O2. The summed E-state index contributed by atoms with van der Waals surface area (Å²) in [5, 5.41) is 17.9. The van der Waals surface area contributed by atoms with E-state index in [0.29, 0.717) is 24.9 Å². The molecule has 0 aliphatic heterocycles. The zero-order chi connectivity index (χ0) is 14.6. The molecule has 0 saturated carbocycles. The van der Waals surface area contributed by atoms with Gasteiger partial charge in [0, 0.05) is 20.0 Å². The van der Waals surface area contributed by atoms with Gasteiger partial charge >= 0.3 is 0 Å². The van der Waals surface area contributed by atoms with Gasteiger partial charge in [0.2, 0.25) is 11.8 Å². The Balaban J connectivity index is 2.08. The maximum atomic E-state index is 10.0. The molecule has 2 aromatic rings. The minimum Gasteiger partial charge on any atom is -0.424 e. The van der Waals surface area contributed by atoms with Crippen LogP contribution in [0.4, 0.5) is 0 Å². The van der Waals surface area contributed by atoms with Crippen LogP contribution < -0.4 is 0 Å². The fourth-order valence-electron chi connectivity index (χ4n) is 2.15. The minimum atomic E-state index is -0.774. The van der Waals surface area contributed by atoms with Crippen LogP contribution in [-0.2, 0) is 13.1 Å². The number of benzene rings is 1. The van der Waals surface area contributed by atoms with Crippen LogP contribution in [0.15, 0.2) is 34.7 Å². The summed E-state index contributed by atoms with van der Waals surface area (Å²) in [7, 11) is 0. The molecule has 0 radical (unpaired) electrons. The van der Waals surface area contributed by atoms with Crippen molar-refractivity contribution in [2.75, 3.05) is 6.54 Å². The van der Waals surface area contributed by atoms with Crippen molar-refractivity contribution in [1.29, 1.82) is 0 Å². The van der Waals surface area contributed by atoms with Crippen molar-refractivity contribution in [3.8, 4) is 0 Å². The highest BCUT2D eigenvalue weighted by atomic mass is 16.4. The molecule has 1 aromatic heterocycles. The SMILES string of the molecule is Cc1nnc(CN(Cc2ccccc2)CC(C)(C)O)o1. The molecule has 0 aliphatic rings. The first-order valence-electron chi connectivity index (χ1n) is 6.70. The maximum absolute atomic E-state index is 10.0. The van der Waals surface area contributed by atoms with E-state index in [2.05, 4.69) is 27.2 Å².